The van der Waals surface area contributed by atoms with Crippen LogP contribution in [0.5, 0.6) is 0 Å². The zero-order valence-electron chi connectivity index (χ0n) is 30.4. The maximum Gasteiger partial charge on any atom is 0.159 e. The van der Waals surface area contributed by atoms with Gasteiger partial charge in [-0.15, -0.1) is 0 Å². The number of hydrogen-bond acceptors (Lipinski definition) is 4. The zero-order chi connectivity index (χ0) is 36.7. The number of nitrogens with zero attached hydrogens (tertiary/aromatic N) is 2. The first-order valence-electron chi connectivity index (χ1n) is 19.3. The molecule has 0 bridgehead atoms. The summed E-state index contributed by atoms with van der Waals surface area (Å²) in [6.45, 7) is 0. The van der Waals surface area contributed by atoms with Crippen molar-refractivity contribution in [2.24, 2.45) is 0 Å². The maximum absolute atomic E-state index is 6.70. The first-order chi connectivity index (χ1) is 27.8. The number of benzene rings is 9. The van der Waals surface area contributed by atoms with Gasteiger partial charge in [0, 0.05) is 43.9 Å². The van der Waals surface area contributed by atoms with Crippen molar-refractivity contribution < 1.29 is 8.83 Å². The molecule has 0 saturated carbocycles. The van der Waals surface area contributed by atoms with Gasteiger partial charge in [-0.3, -0.25) is 0 Å². The largest absolute Gasteiger partial charge is 0.454 e. The van der Waals surface area contributed by atoms with Gasteiger partial charge in [-0.1, -0.05) is 121 Å². The van der Waals surface area contributed by atoms with Gasteiger partial charge in [-0.05, 0) is 95.1 Å². The van der Waals surface area contributed by atoms with Crippen molar-refractivity contribution >= 4 is 105 Å². The standard InChI is InChI=1S/C52H34N2O2/c1-3-13-35(14-4-1)53(45-21-11-19-39-37-17-7-9-23-47(37)55-51(39)45)43-31-27-33-26-30-42-44(32-28-34-25-29-41(43)49(33)50(34)42)54(36-15-5-2-6-16-36)46-22-12-20-40-38-18-8-10-24-48(38)56-52(40)46/h1-7,9-17,19-32H,8,18H2. The van der Waals surface area contributed by atoms with Crippen molar-refractivity contribution in [2.75, 3.05) is 9.80 Å². The minimum Gasteiger partial charge on any atom is -0.454 e. The highest BCUT2D eigenvalue weighted by molar-refractivity contribution is 6.28. The molecule has 11 aromatic rings. The predicted molar refractivity (Wildman–Crippen MR) is 234 cm³/mol. The van der Waals surface area contributed by atoms with Gasteiger partial charge in [-0.2, -0.15) is 0 Å². The summed E-state index contributed by atoms with van der Waals surface area (Å²) in [4.78, 5) is 4.74. The molecule has 0 spiro atoms. The van der Waals surface area contributed by atoms with Crippen molar-refractivity contribution in [1.82, 2.24) is 0 Å². The fraction of sp³-hybridized carbons (Fsp3) is 0.0385. The van der Waals surface area contributed by atoms with E-state index in [1.54, 1.807) is 0 Å². The van der Waals surface area contributed by atoms with Gasteiger partial charge in [0.25, 0.3) is 0 Å². The highest BCUT2D eigenvalue weighted by Gasteiger charge is 2.26. The van der Waals surface area contributed by atoms with E-state index in [1.807, 2.05) is 6.07 Å². The van der Waals surface area contributed by atoms with E-state index in [-0.39, 0.29) is 0 Å². The molecule has 0 fully saturated rings. The summed E-state index contributed by atoms with van der Waals surface area (Å²) in [5.41, 5.74) is 10.3. The van der Waals surface area contributed by atoms with Crippen LogP contribution in [0.25, 0.3) is 71.3 Å². The van der Waals surface area contributed by atoms with Crippen molar-refractivity contribution in [3.63, 3.8) is 0 Å². The lowest BCUT2D eigenvalue weighted by Crippen LogP contribution is -2.11. The van der Waals surface area contributed by atoms with Crippen LogP contribution in [0.2, 0.25) is 0 Å². The van der Waals surface area contributed by atoms with Gasteiger partial charge in [-0.25, -0.2) is 0 Å². The molecule has 0 amide bonds. The molecule has 0 aliphatic heterocycles. The van der Waals surface area contributed by atoms with Gasteiger partial charge in [0.15, 0.2) is 11.2 Å². The summed E-state index contributed by atoms with van der Waals surface area (Å²) in [6.07, 6.45) is 6.36. The molecular formula is C52H34N2O2. The zero-order valence-corrected chi connectivity index (χ0v) is 30.4. The van der Waals surface area contributed by atoms with E-state index in [0.29, 0.717) is 0 Å². The van der Waals surface area contributed by atoms with Gasteiger partial charge in [0.05, 0.1) is 22.7 Å². The van der Waals surface area contributed by atoms with Crippen LogP contribution < -0.4 is 9.80 Å². The van der Waals surface area contributed by atoms with Gasteiger partial charge in [0.2, 0.25) is 0 Å². The molecule has 0 N–H and O–H groups in total. The number of rotatable bonds is 6. The van der Waals surface area contributed by atoms with Gasteiger partial charge >= 0.3 is 0 Å². The molecule has 2 aromatic heterocycles. The molecule has 0 atom stereocenters. The maximum atomic E-state index is 6.70. The minimum atomic E-state index is 0.869. The van der Waals surface area contributed by atoms with E-state index in [2.05, 4.69) is 186 Å². The summed E-state index contributed by atoms with van der Waals surface area (Å²) < 4.78 is 13.4. The molecule has 0 radical (unpaired) electrons. The van der Waals surface area contributed by atoms with E-state index in [9.17, 15) is 0 Å². The Morgan fingerprint density at radius 2 is 0.929 bits per heavy atom. The Hall–Kier alpha value is -7.30. The van der Waals surface area contributed by atoms with Crippen molar-refractivity contribution in [2.45, 2.75) is 12.8 Å². The van der Waals surface area contributed by atoms with E-state index in [0.717, 1.165) is 80.2 Å². The van der Waals surface area contributed by atoms with Crippen LogP contribution in [0.15, 0.2) is 185 Å². The van der Waals surface area contributed by atoms with Crippen LogP contribution >= 0.6 is 0 Å². The van der Waals surface area contributed by atoms with Gasteiger partial charge in [0.1, 0.15) is 11.3 Å². The van der Waals surface area contributed by atoms with Crippen molar-refractivity contribution in [1.29, 1.82) is 0 Å². The number of anilines is 6. The molecule has 1 aliphatic rings. The Labute approximate surface area is 323 Å². The average molecular weight is 719 g/mol. The Morgan fingerprint density at radius 3 is 1.57 bits per heavy atom. The number of para-hydroxylation sites is 5. The van der Waals surface area contributed by atoms with Crippen LogP contribution in [0.3, 0.4) is 0 Å². The topological polar surface area (TPSA) is 32.8 Å². The fourth-order valence-electron chi connectivity index (χ4n) is 9.20. The molecule has 2 heterocycles. The summed E-state index contributed by atoms with van der Waals surface area (Å²) >= 11 is 0. The average Bonchev–Trinajstić information content (AvgIpc) is 3.84. The first kappa shape index (κ1) is 31.1. The summed E-state index contributed by atoms with van der Waals surface area (Å²) in [6, 6.07) is 60.9. The molecule has 4 heteroatoms. The molecule has 1 aliphatic carbocycles. The molecule has 4 nitrogen and oxygen atoms in total. The Kier molecular flexibility index (Phi) is 6.72. The lowest BCUT2D eigenvalue weighted by Gasteiger charge is -2.29. The second kappa shape index (κ2) is 12.1. The molecule has 56 heavy (non-hydrogen) atoms. The number of aryl methyl sites for hydroxylation is 1. The Balaban J connectivity index is 1.13. The summed E-state index contributed by atoms with van der Waals surface area (Å²) in [5, 5.41) is 10.6. The van der Waals surface area contributed by atoms with Crippen LogP contribution in [0, 0.1) is 0 Å². The van der Waals surface area contributed by atoms with Crippen LogP contribution in [-0.2, 0) is 6.42 Å². The molecule has 9 aromatic carbocycles. The third-order valence-electron chi connectivity index (χ3n) is 11.7. The summed E-state index contributed by atoms with van der Waals surface area (Å²) in [5.74, 6) is 0.968. The second-order valence-corrected chi connectivity index (χ2v) is 14.7. The van der Waals surface area contributed by atoms with Crippen LogP contribution in [-0.4, -0.2) is 0 Å². The van der Waals surface area contributed by atoms with Crippen molar-refractivity contribution in [3.05, 3.63) is 187 Å². The highest BCUT2D eigenvalue weighted by atomic mass is 16.3. The quantitative estimate of drug-likeness (QED) is 0.160. The molecular weight excluding hydrogens is 685 g/mol. The Bertz CT molecular complexity index is 3320. The lowest BCUT2D eigenvalue weighted by molar-refractivity contribution is 0.596. The summed E-state index contributed by atoms with van der Waals surface area (Å²) in [7, 11) is 0. The molecule has 264 valence electrons. The number of allylic oxidation sites excluding steroid dienone is 1. The number of furan rings is 2. The van der Waals surface area contributed by atoms with Gasteiger partial charge < -0.3 is 18.6 Å². The SMILES string of the molecule is C1=Cc2oc3c(N(c4ccccc4)c4ccc5ccc6c(N(c7ccccc7)c7cccc8c7oc7ccccc78)ccc7ccc4c5c76)cccc3c2CC1. The second-order valence-electron chi connectivity index (χ2n) is 14.7. The predicted octanol–water partition coefficient (Wildman–Crippen LogP) is 15.1. The third-order valence-corrected chi connectivity index (χ3v) is 11.7. The normalized spacial score (nSPS) is 12.8. The number of fused-ring (bicyclic) bond motifs is 6. The monoisotopic (exact) mass is 718 g/mol. The van der Waals surface area contributed by atoms with Crippen LogP contribution in [0.4, 0.5) is 34.1 Å². The fourth-order valence-corrected chi connectivity index (χ4v) is 9.20. The van der Waals surface area contributed by atoms with Crippen LogP contribution in [0.1, 0.15) is 17.7 Å². The number of hydrogen-bond donors (Lipinski definition) is 0. The third kappa shape index (κ3) is 4.53. The minimum absolute atomic E-state index is 0.869. The van der Waals surface area contributed by atoms with E-state index in [1.165, 1.54) is 43.3 Å². The first-order valence-corrected chi connectivity index (χ1v) is 19.3. The smallest absolute Gasteiger partial charge is 0.159 e. The van der Waals surface area contributed by atoms with E-state index < -0.39 is 0 Å². The van der Waals surface area contributed by atoms with Crippen molar-refractivity contribution in [3.8, 4) is 0 Å². The van der Waals surface area contributed by atoms with E-state index >= 15 is 0 Å². The molecule has 12 rings (SSSR count). The molecule has 0 unspecified atom stereocenters. The highest BCUT2D eigenvalue weighted by Crippen LogP contribution is 2.50. The lowest BCUT2D eigenvalue weighted by atomic mass is 9.91. The van der Waals surface area contributed by atoms with E-state index in [4.69, 9.17) is 8.83 Å². The Morgan fingerprint density at radius 1 is 0.393 bits per heavy atom. The molecule has 0 saturated heterocycles.